The quantitative estimate of drug-likeness (QED) is 0.614. The number of carbonyl (C=O) groups is 2. The Morgan fingerprint density at radius 1 is 0.967 bits per heavy atom. The molecule has 154 valence electrons. The van der Waals surface area contributed by atoms with E-state index in [1.807, 2.05) is 10.6 Å². The predicted octanol–water partition coefficient (Wildman–Crippen LogP) is 4.74. The van der Waals surface area contributed by atoms with Gasteiger partial charge >= 0.3 is 6.36 Å². The van der Waals surface area contributed by atoms with Gasteiger partial charge in [0.1, 0.15) is 5.75 Å². The van der Waals surface area contributed by atoms with E-state index < -0.39 is 12.3 Å². The minimum Gasteiger partial charge on any atom is -0.406 e. The number of alkyl halides is 3. The zero-order valence-electron chi connectivity index (χ0n) is 15.6. The standard InChI is InChI=1S/C22H17F3N2O3/c23-22(24,25)30-16-8-6-15(7-9-16)26-21(29)17-12-13-27-18(17)10-11-19(27)20(28)14-4-2-1-3-5-14/h1-11,17H,12-13H2,(H,26,29)/t17-/m1/s1. The number of ether oxygens (including phenoxy) is 1. The first-order chi connectivity index (χ1) is 14.3. The van der Waals surface area contributed by atoms with Gasteiger partial charge in [-0.1, -0.05) is 30.3 Å². The third kappa shape index (κ3) is 4.07. The van der Waals surface area contributed by atoms with E-state index in [4.69, 9.17) is 0 Å². The molecule has 1 aliphatic heterocycles. The van der Waals surface area contributed by atoms with Crippen LogP contribution in [0.5, 0.6) is 5.75 Å². The number of halogens is 3. The molecule has 1 aromatic heterocycles. The molecule has 2 aromatic carbocycles. The number of hydrogen-bond donors (Lipinski definition) is 1. The summed E-state index contributed by atoms with van der Waals surface area (Å²) in [5.74, 6) is -1.20. The molecular weight excluding hydrogens is 397 g/mol. The van der Waals surface area contributed by atoms with Crippen LogP contribution in [-0.4, -0.2) is 22.6 Å². The fraction of sp³-hybridized carbons (Fsp3) is 0.182. The summed E-state index contributed by atoms with van der Waals surface area (Å²) in [6.45, 7) is 0.534. The Morgan fingerprint density at radius 2 is 1.67 bits per heavy atom. The van der Waals surface area contributed by atoms with Crippen LogP contribution in [0.1, 0.15) is 34.1 Å². The lowest BCUT2D eigenvalue weighted by Crippen LogP contribution is -2.19. The van der Waals surface area contributed by atoms with Gasteiger partial charge in [-0.05, 0) is 42.8 Å². The second kappa shape index (κ2) is 7.70. The highest BCUT2D eigenvalue weighted by atomic mass is 19.4. The van der Waals surface area contributed by atoms with Gasteiger partial charge in [-0.25, -0.2) is 0 Å². The summed E-state index contributed by atoms with van der Waals surface area (Å²) < 4.78 is 42.4. The number of nitrogens with zero attached hydrogens (tertiary/aromatic N) is 1. The second-order valence-corrected chi connectivity index (χ2v) is 6.89. The van der Waals surface area contributed by atoms with Crippen LogP contribution in [0, 0.1) is 0 Å². The molecule has 0 bridgehead atoms. The van der Waals surface area contributed by atoms with E-state index in [2.05, 4.69) is 10.1 Å². The van der Waals surface area contributed by atoms with Crippen molar-refractivity contribution in [2.45, 2.75) is 25.2 Å². The molecule has 0 saturated carbocycles. The van der Waals surface area contributed by atoms with Crippen molar-refractivity contribution in [3.05, 3.63) is 83.7 Å². The summed E-state index contributed by atoms with van der Waals surface area (Å²) in [4.78, 5) is 25.5. The first-order valence-corrected chi connectivity index (χ1v) is 9.28. The van der Waals surface area contributed by atoms with E-state index >= 15 is 0 Å². The van der Waals surface area contributed by atoms with Crippen LogP contribution in [-0.2, 0) is 11.3 Å². The summed E-state index contributed by atoms with van der Waals surface area (Å²) in [5, 5.41) is 2.71. The maximum absolute atomic E-state index is 12.8. The number of rotatable bonds is 5. The summed E-state index contributed by atoms with van der Waals surface area (Å²) in [6.07, 6.45) is -4.23. The van der Waals surface area contributed by atoms with Gasteiger partial charge < -0.3 is 14.6 Å². The molecule has 0 radical (unpaired) electrons. The smallest absolute Gasteiger partial charge is 0.406 e. The Bertz CT molecular complexity index is 1070. The Morgan fingerprint density at radius 3 is 2.33 bits per heavy atom. The van der Waals surface area contributed by atoms with Gasteiger partial charge in [-0.15, -0.1) is 13.2 Å². The van der Waals surface area contributed by atoms with E-state index in [1.54, 1.807) is 36.4 Å². The minimum atomic E-state index is -4.77. The van der Waals surface area contributed by atoms with Gasteiger partial charge in [0.15, 0.2) is 0 Å². The first-order valence-electron chi connectivity index (χ1n) is 9.28. The van der Waals surface area contributed by atoms with E-state index in [9.17, 15) is 22.8 Å². The van der Waals surface area contributed by atoms with Crippen molar-refractivity contribution in [3.8, 4) is 5.75 Å². The third-order valence-corrected chi connectivity index (χ3v) is 4.95. The minimum absolute atomic E-state index is 0.108. The number of anilines is 1. The van der Waals surface area contributed by atoms with Crippen molar-refractivity contribution in [1.82, 2.24) is 4.57 Å². The predicted molar refractivity (Wildman–Crippen MR) is 103 cm³/mol. The fourth-order valence-electron chi connectivity index (χ4n) is 3.61. The topological polar surface area (TPSA) is 60.3 Å². The van der Waals surface area contributed by atoms with Crippen molar-refractivity contribution in [2.24, 2.45) is 0 Å². The van der Waals surface area contributed by atoms with Crippen LogP contribution in [0.25, 0.3) is 0 Å². The number of hydrogen-bond acceptors (Lipinski definition) is 3. The highest BCUT2D eigenvalue weighted by Crippen LogP contribution is 2.33. The Hall–Kier alpha value is -3.55. The van der Waals surface area contributed by atoms with Gasteiger partial charge in [-0.3, -0.25) is 9.59 Å². The zero-order chi connectivity index (χ0) is 21.3. The molecule has 4 rings (SSSR count). The average Bonchev–Trinajstić information content (AvgIpc) is 3.30. The number of amides is 1. The molecule has 0 unspecified atom stereocenters. The van der Waals surface area contributed by atoms with Crippen LogP contribution < -0.4 is 10.1 Å². The third-order valence-electron chi connectivity index (χ3n) is 4.95. The fourth-order valence-corrected chi connectivity index (χ4v) is 3.61. The molecular formula is C22H17F3N2O3. The van der Waals surface area contributed by atoms with Crippen molar-refractivity contribution in [3.63, 3.8) is 0 Å². The Labute approximate surface area is 170 Å². The molecule has 5 nitrogen and oxygen atoms in total. The number of fused-ring (bicyclic) bond motifs is 1. The molecule has 1 N–H and O–H groups in total. The number of benzene rings is 2. The molecule has 2 heterocycles. The van der Waals surface area contributed by atoms with E-state index in [1.165, 1.54) is 12.1 Å². The maximum atomic E-state index is 12.8. The molecule has 0 fully saturated rings. The summed E-state index contributed by atoms with van der Waals surface area (Å²) in [6, 6.07) is 17.4. The normalized spacial score (nSPS) is 15.5. The van der Waals surface area contributed by atoms with Crippen LogP contribution in [0.3, 0.4) is 0 Å². The largest absolute Gasteiger partial charge is 0.573 e. The Balaban J connectivity index is 1.47. The van der Waals surface area contributed by atoms with Gasteiger partial charge in [0.2, 0.25) is 11.7 Å². The van der Waals surface area contributed by atoms with Gasteiger partial charge in [0, 0.05) is 23.5 Å². The monoisotopic (exact) mass is 414 g/mol. The summed E-state index contributed by atoms with van der Waals surface area (Å²) >= 11 is 0. The molecule has 30 heavy (non-hydrogen) atoms. The van der Waals surface area contributed by atoms with E-state index in [0.29, 0.717) is 29.9 Å². The van der Waals surface area contributed by atoms with Crippen molar-refractivity contribution in [2.75, 3.05) is 5.32 Å². The average molecular weight is 414 g/mol. The molecule has 1 aliphatic rings. The molecule has 0 aliphatic carbocycles. The SMILES string of the molecule is O=C(c1ccccc1)c1ccc2n1CC[C@H]2C(=O)Nc1ccc(OC(F)(F)F)cc1. The number of nitrogens with one attached hydrogen (secondary N) is 1. The van der Waals surface area contributed by atoms with Crippen LogP contribution in [0.4, 0.5) is 18.9 Å². The number of aromatic nitrogens is 1. The van der Waals surface area contributed by atoms with Gasteiger partial charge in [0.05, 0.1) is 11.6 Å². The van der Waals surface area contributed by atoms with Crippen LogP contribution in [0.2, 0.25) is 0 Å². The summed E-state index contributed by atoms with van der Waals surface area (Å²) in [7, 11) is 0. The molecule has 0 saturated heterocycles. The molecule has 3 aromatic rings. The number of carbonyl (C=O) groups excluding carboxylic acids is 2. The van der Waals surface area contributed by atoms with Crippen molar-refractivity contribution in [1.29, 1.82) is 0 Å². The van der Waals surface area contributed by atoms with Crippen LogP contribution in [0.15, 0.2) is 66.7 Å². The lowest BCUT2D eigenvalue weighted by atomic mass is 10.0. The van der Waals surface area contributed by atoms with Gasteiger partial charge in [-0.2, -0.15) is 0 Å². The molecule has 1 amide bonds. The summed E-state index contributed by atoms with van der Waals surface area (Å²) in [5.41, 5.74) is 2.21. The molecule has 1 atom stereocenters. The Kier molecular flexibility index (Phi) is 5.07. The van der Waals surface area contributed by atoms with Crippen molar-refractivity contribution < 1.29 is 27.5 Å². The molecule has 0 spiro atoms. The van der Waals surface area contributed by atoms with Crippen molar-refractivity contribution >= 4 is 17.4 Å². The highest BCUT2D eigenvalue weighted by Gasteiger charge is 2.33. The molecule has 8 heteroatoms. The lowest BCUT2D eigenvalue weighted by molar-refractivity contribution is -0.274. The zero-order valence-corrected chi connectivity index (χ0v) is 15.6. The second-order valence-electron chi connectivity index (χ2n) is 6.89. The first kappa shape index (κ1) is 19.8. The highest BCUT2D eigenvalue weighted by molar-refractivity contribution is 6.08. The number of ketones is 1. The maximum Gasteiger partial charge on any atom is 0.573 e. The lowest BCUT2D eigenvalue weighted by Gasteiger charge is -2.12. The van der Waals surface area contributed by atoms with E-state index in [-0.39, 0.29) is 17.4 Å². The van der Waals surface area contributed by atoms with E-state index in [0.717, 1.165) is 17.8 Å². The van der Waals surface area contributed by atoms with Gasteiger partial charge in [0.25, 0.3) is 0 Å². The van der Waals surface area contributed by atoms with Crippen LogP contribution >= 0.6 is 0 Å².